The minimum Gasteiger partial charge on any atom is -0.480 e. The number of carboxylic acid groups (broad SMARTS) is 1. The zero-order valence-corrected chi connectivity index (χ0v) is 17.2. The monoisotopic (exact) mass is 401 g/mol. The van der Waals surface area contributed by atoms with Crippen molar-refractivity contribution in [3.63, 3.8) is 0 Å². The fourth-order valence-corrected chi connectivity index (χ4v) is 2.56. The van der Waals surface area contributed by atoms with Crippen LogP contribution in [0.1, 0.15) is 47.0 Å². The summed E-state index contributed by atoms with van der Waals surface area (Å²) in [6.07, 6.45) is 1.46. The fraction of sp³-hybridized carbons (Fsp3) is 0.778. The second-order valence-electron chi connectivity index (χ2n) is 7.41. The van der Waals surface area contributed by atoms with Gasteiger partial charge in [0.05, 0.1) is 6.54 Å². The lowest BCUT2D eigenvalue weighted by Gasteiger charge is -2.28. The minimum absolute atomic E-state index is 0.227. The Labute approximate surface area is 166 Å². The standard InChI is InChI=1S/C18H35N5O5/c1-10(2)14(22-13(24)9-20)17(26)23-15(11(3)4)16(25)21-12(18(27)28)7-5-6-8-19/h10-12,14-15H,5-9,19-20H2,1-4H3,(H,21,25)(H,22,24)(H,23,26)(H,27,28). The van der Waals surface area contributed by atoms with Crippen LogP contribution in [0.5, 0.6) is 0 Å². The third kappa shape index (κ3) is 9.14. The van der Waals surface area contributed by atoms with Crippen LogP contribution in [0, 0.1) is 11.8 Å². The van der Waals surface area contributed by atoms with Crippen LogP contribution in [0.3, 0.4) is 0 Å². The fourth-order valence-electron chi connectivity index (χ4n) is 2.56. The summed E-state index contributed by atoms with van der Waals surface area (Å²) in [4.78, 5) is 48.2. The Morgan fingerprint density at radius 1 is 0.821 bits per heavy atom. The van der Waals surface area contributed by atoms with Crippen LogP contribution in [0.25, 0.3) is 0 Å². The molecule has 0 aliphatic rings. The van der Waals surface area contributed by atoms with E-state index >= 15 is 0 Å². The van der Waals surface area contributed by atoms with E-state index in [9.17, 15) is 24.3 Å². The molecule has 0 spiro atoms. The number of amides is 3. The van der Waals surface area contributed by atoms with E-state index in [0.29, 0.717) is 19.4 Å². The van der Waals surface area contributed by atoms with Gasteiger partial charge in [0, 0.05) is 0 Å². The molecular formula is C18H35N5O5. The summed E-state index contributed by atoms with van der Waals surface area (Å²) in [5.41, 5.74) is 10.7. The number of hydrogen-bond acceptors (Lipinski definition) is 6. The Kier molecular flexibility index (Phi) is 12.0. The molecule has 0 bridgehead atoms. The molecule has 0 radical (unpaired) electrons. The lowest BCUT2D eigenvalue weighted by atomic mass is 9.99. The van der Waals surface area contributed by atoms with Crippen LogP contribution in [0.15, 0.2) is 0 Å². The van der Waals surface area contributed by atoms with Gasteiger partial charge in [-0.05, 0) is 37.6 Å². The maximum absolute atomic E-state index is 12.6. The first kappa shape index (κ1) is 25.8. The van der Waals surface area contributed by atoms with Crippen molar-refractivity contribution in [2.45, 2.75) is 65.1 Å². The molecule has 0 saturated carbocycles. The quantitative estimate of drug-likeness (QED) is 0.213. The minimum atomic E-state index is -1.14. The SMILES string of the molecule is CC(C)C(NC(=O)CN)C(=O)NC(C(=O)NC(CCCCN)C(=O)O)C(C)C. The van der Waals surface area contributed by atoms with E-state index in [0.717, 1.165) is 0 Å². The molecule has 0 aromatic rings. The number of carbonyl (C=O) groups excluding carboxylic acids is 3. The van der Waals surface area contributed by atoms with Gasteiger partial charge in [0.25, 0.3) is 0 Å². The van der Waals surface area contributed by atoms with Crippen molar-refractivity contribution in [2.24, 2.45) is 23.3 Å². The van der Waals surface area contributed by atoms with E-state index in [4.69, 9.17) is 11.5 Å². The lowest BCUT2D eigenvalue weighted by molar-refractivity contribution is -0.142. The smallest absolute Gasteiger partial charge is 0.326 e. The molecule has 0 aromatic heterocycles. The molecule has 3 unspecified atom stereocenters. The largest absolute Gasteiger partial charge is 0.480 e. The molecule has 8 N–H and O–H groups in total. The van der Waals surface area contributed by atoms with Crippen LogP contribution in [0.4, 0.5) is 0 Å². The van der Waals surface area contributed by atoms with Gasteiger partial charge < -0.3 is 32.5 Å². The lowest BCUT2D eigenvalue weighted by Crippen LogP contribution is -2.58. The maximum atomic E-state index is 12.6. The van der Waals surface area contributed by atoms with E-state index in [1.807, 2.05) is 0 Å². The van der Waals surface area contributed by atoms with Gasteiger partial charge in [0.1, 0.15) is 18.1 Å². The van der Waals surface area contributed by atoms with Gasteiger partial charge in [0.15, 0.2) is 0 Å². The van der Waals surface area contributed by atoms with Gasteiger partial charge in [-0.3, -0.25) is 14.4 Å². The highest BCUT2D eigenvalue weighted by Gasteiger charge is 2.32. The Hall–Kier alpha value is -2.20. The van der Waals surface area contributed by atoms with Crippen LogP contribution in [0.2, 0.25) is 0 Å². The predicted molar refractivity (Wildman–Crippen MR) is 105 cm³/mol. The van der Waals surface area contributed by atoms with Crippen molar-refractivity contribution in [3.8, 4) is 0 Å². The zero-order valence-electron chi connectivity index (χ0n) is 17.2. The van der Waals surface area contributed by atoms with Gasteiger partial charge in [-0.1, -0.05) is 27.7 Å². The van der Waals surface area contributed by atoms with Crippen LogP contribution < -0.4 is 27.4 Å². The van der Waals surface area contributed by atoms with Gasteiger partial charge in [0.2, 0.25) is 17.7 Å². The summed E-state index contributed by atoms with van der Waals surface area (Å²) in [5, 5.41) is 16.9. The summed E-state index contributed by atoms with van der Waals surface area (Å²) >= 11 is 0. The summed E-state index contributed by atoms with van der Waals surface area (Å²) in [5.74, 6) is -3.26. The highest BCUT2D eigenvalue weighted by atomic mass is 16.4. The molecule has 0 rings (SSSR count). The molecule has 0 heterocycles. The maximum Gasteiger partial charge on any atom is 0.326 e. The highest BCUT2D eigenvalue weighted by Crippen LogP contribution is 2.08. The zero-order chi connectivity index (χ0) is 21.9. The normalized spacial score (nSPS) is 14.3. The molecule has 0 aliphatic carbocycles. The van der Waals surface area contributed by atoms with E-state index in [1.54, 1.807) is 27.7 Å². The van der Waals surface area contributed by atoms with Gasteiger partial charge in [-0.2, -0.15) is 0 Å². The van der Waals surface area contributed by atoms with Crippen molar-refractivity contribution in [1.82, 2.24) is 16.0 Å². The Morgan fingerprint density at radius 2 is 1.32 bits per heavy atom. The number of carbonyl (C=O) groups is 4. The molecule has 0 fully saturated rings. The number of aliphatic carboxylic acids is 1. The molecule has 28 heavy (non-hydrogen) atoms. The summed E-state index contributed by atoms with van der Waals surface area (Å²) in [6.45, 7) is 7.16. The molecule has 0 aromatic carbocycles. The van der Waals surface area contributed by atoms with E-state index in [2.05, 4.69) is 16.0 Å². The third-order valence-electron chi connectivity index (χ3n) is 4.26. The summed E-state index contributed by atoms with van der Waals surface area (Å²) < 4.78 is 0. The summed E-state index contributed by atoms with van der Waals surface area (Å²) in [6, 6.07) is -2.86. The van der Waals surface area contributed by atoms with Gasteiger partial charge >= 0.3 is 5.97 Å². The number of hydrogen-bond donors (Lipinski definition) is 6. The van der Waals surface area contributed by atoms with Crippen LogP contribution in [-0.2, 0) is 19.2 Å². The molecule has 162 valence electrons. The number of carboxylic acids is 1. The molecular weight excluding hydrogens is 366 g/mol. The topological polar surface area (TPSA) is 177 Å². The Bertz CT molecular complexity index is 538. The number of nitrogens with one attached hydrogen (secondary N) is 3. The van der Waals surface area contributed by atoms with Gasteiger partial charge in [-0.15, -0.1) is 0 Å². The first-order chi connectivity index (χ1) is 13.0. The van der Waals surface area contributed by atoms with E-state index in [1.165, 1.54) is 0 Å². The predicted octanol–water partition coefficient (Wildman–Crippen LogP) is -1.07. The molecule has 10 nitrogen and oxygen atoms in total. The van der Waals surface area contributed by atoms with E-state index in [-0.39, 0.29) is 24.8 Å². The molecule has 3 atom stereocenters. The highest BCUT2D eigenvalue weighted by molar-refractivity contribution is 5.93. The van der Waals surface area contributed by atoms with Gasteiger partial charge in [-0.25, -0.2) is 4.79 Å². The number of unbranched alkanes of at least 4 members (excludes halogenated alkanes) is 1. The first-order valence-corrected chi connectivity index (χ1v) is 9.58. The number of nitrogens with two attached hydrogens (primary N) is 2. The third-order valence-corrected chi connectivity index (χ3v) is 4.26. The first-order valence-electron chi connectivity index (χ1n) is 9.58. The number of rotatable bonds is 13. The molecule has 10 heteroatoms. The van der Waals surface area contributed by atoms with Crippen molar-refractivity contribution in [3.05, 3.63) is 0 Å². The van der Waals surface area contributed by atoms with Crippen LogP contribution in [-0.4, -0.2) is 60.0 Å². The molecule has 0 aliphatic heterocycles. The van der Waals surface area contributed by atoms with Crippen molar-refractivity contribution in [1.29, 1.82) is 0 Å². The average molecular weight is 402 g/mol. The van der Waals surface area contributed by atoms with Crippen LogP contribution >= 0.6 is 0 Å². The molecule has 0 saturated heterocycles. The Morgan fingerprint density at radius 3 is 1.75 bits per heavy atom. The van der Waals surface area contributed by atoms with E-state index < -0.39 is 41.8 Å². The van der Waals surface area contributed by atoms with Crippen molar-refractivity contribution >= 4 is 23.7 Å². The second-order valence-corrected chi connectivity index (χ2v) is 7.41. The average Bonchev–Trinajstić information content (AvgIpc) is 2.61. The molecule has 3 amide bonds. The second kappa shape index (κ2) is 13.1. The van der Waals surface area contributed by atoms with Crippen molar-refractivity contribution in [2.75, 3.05) is 13.1 Å². The van der Waals surface area contributed by atoms with Crippen molar-refractivity contribution < 1.29 is 24.3 Å². The summed E-state index contributed by atoms with van der Waals surface area (Å²) in [7, 11) is 0. The Balaban J connectivity index is 5.16.